The van der Waals surface area contributed by atoms with E-state index in [1.165, 1.54) is 11.1 Å². The van der Waals surface area contributed by atoms with E-state index in [2.05, 4.69) is 29.2 Å². The molecule has 0 saturated carbocycles. The van der Waals surface area contributed by atoms with Crippen molar-refractivity contribution < 1.29 is 19.4 Å². The highest BCUT2D eigenvalue weighted by Crippen LogP contribution is 2.26. The number of nitrogens with zero attached hydrogens (tertiary/aromatic N) is 3. The van der Waals surface area contributed by atoms with Crippen molar-refractivity contribution in [2.75, 3.05) is 45.9 Å². The van der Waals surface area contributed by atoms with E-state index in [1.807, 2.05) is 4.90 Å². The number of carbonyl (C=O) groups is 2. The zero-order valence-electron chi connectivity index (χ0n) is 19.6. The zero-order valence-corrected chi connectivity index (χ0v) is 19.6. The summed E-state index contributed by atoms with van der Waals surface area (Å²) in [6, 6.07) is 13.6. The number of rotatable bonds is 5. The van der Waals surface area contributed by atoms with E-state index in [0.29, 0.717) is 36.6 Å². The predicted octanol–water partition coefficient (Wildman–Crippen LogP) is 2.57. The van der Waals surface area contributed by atoms with Gasteiger partial charge in [0.15, 0.2) is 0 Å². The second kappa shape index (κ2) is 10.2. The molecule has 0 bridgehead atoms. The van der Waals surface area contributed by atoms with Crippen molar-refractivity contribution >= 4 is 11.8 Å². The smallest absolute Gasteiger partial charge is 0.257 e. The Bertz CT molecular complexity index is 1050. The number of likely N-dealkylation sites (tertiary alicyclic amines) is 1. The van der Waals surface area contributed by atoms with Gasteiger partial charge >= 0.3 is 0 Å². The molecule has 7 nitrogen and oxygen atoms in total. The van der Waals surface area contributed by atoms with Crippen LogP contribution in [0.15, 0.2) is 42.5 Å². The molecule has 0 aliphatic carbocycles. The van der Waals surface area contributed by atoms with Gasteiger partial charge in [0, 0.05) is 44.8 Å². The first-order valence-corrected chi connectivity index (χ1v) is 12.4. The lowest BCUT2D eigenvalue weighted by Crippen LogP contribution is -2.44. The fraction of sp³-hybridized carbons (Fsp3) is 0.481. The molecule has 1 N–H and O–H groups in total. The largest absolute Gasteiger partial charge is 0.491 e. The average Bonchev–Trinajstić information content (AvgIpc) is 3.02. The van der Waals surface area contributed by atoms with Crippen molar-refractivity contribution in [2.45, 2.75) is 38.3 Å². The first kappa shape index (κ1) is 22.9. The molecule has 2 aromatic carbocycles. The number of β-amino-alcohol motifs (C(OH)–C–C–N with tert-alkyl or cyclic N) is 1. The molecule has 1 fully saturated rings. The number of carbonyl (C=O) groups excluding carboxylic acids is 2. The van der Waals surface area contributed by atoms with Gasteiger partial charge in [-0.05, 0) is 55.0 Å². The third-order valence-corrected chi connectivity index (χ3v) is 7.12. The molecular formula is C27H33N3O4. The molecule has 3 aliphatic rings. The molecule has 1 atom stereocenters. The lowest BCUT2D eigenvalue weighted by atomic mass is 10.00. The van der Waals surface area contributed by atoms with Crippen LogP contribution >= 0.6 is 0 Å². The van der Waals surface area contributed by atoms with Crippen LogP contribution in [0.4, 0.5) is 0 Å². The number of hydrogen-bond acceptors (Lipinski definition) is 5. The molecular weight excluding hydrogens is 430 g/mol. The minimum atomic E-state index is -0.643. The molecule has 0 unspecified atom stereocenters. The number of ether oxygens (including phenoxy) is 1. The third kappa shape index (κ3) is 4.95. The summed E-state index contributed by atoms with van der Waals surface area (Å²) in [7, 11) is 0. The molecule has 0 radical (unpaired) electrons. The summed E-state index contributed by atoms with van der Waals surface area (Å²) in [4.78, 5) is 31.9. The maximum atomic E-state index is 13.2. The van der Waals surface area contributed by atoms with Crippen molar-refractivity contribution in [3.05, 3.63) is 64.7 Å². The van der Waals surface area contributed by atoms with Gasteiger partial charge in [0.2, 0.25) is 0 Å². The van der Waals surface area contributed by atoms with Gasteiger partial charge in [-0.2, -0.15) is 0 Å². The van der Waals surface area contributed by atoms with E-state index >= 15 is 0 Å². The van der Waals surface area contributed by atoms with Gasteiger partial charge in [-0.25, -0.2) is 0 Å². The number of aliphatic hydroxyl groups excluding tert-OH is 1. The number of piperidine rings is 1. The van der Waals surface area contributed by atoms with E-state index in [1.54, 1.807) is 23.1 Å². The van der Waals surface area contributed by atoms with Gasteiger partial charge in [0.25, 0.3) is 11.8 Å². The monoisotopic (exact) mass is 463 g/mol. The highest BCUT2D eigenvalue weighted by atomic mass is 16.5. The fourth-order valence-corrected chi connectivity index (χ4v) is 5.26. The van der Waals surface area contributed by atoms with Crippen molar-refractivity contribution in [2.24, 2.45) is 0 Å². The Kier molecular flexibility index (Phi) is 6.83. The SMILES string of the molecule is O=C(c1ccc2c(c1)OCCN(C[C@H](O)CN1CCc3ccccc3C1)C2=O)N1CCCCC1. The van der Waals surface area contributed by atoms with Crippen LogP contribution in [-0.4, -0.2) is 83.6 Å². The first-order valence-electron chi connectivity index (χ1n) is 12.4. The van der Waals surface area contributed by atoms with Crippen LogP contribution in [0.2, 0.25) is 0 Å². The average molecular weight is 464 g/mol. The van der Waals surface area contributed by atoms with Crippen LogP contribution in [-0.2, 0) is 13.0 Å². The fourth-order valence-electron chi connectivity index (χ4n) is 5.26. The zero-order chi connectivity index (χ0) is 23.5. The van der Waals surface area contributed by atoms with Crippen molar-refractivity contribution in [1.82, 2.24) is 14.7 Å². The predicted molar refractivity (Wildman–Crippen MR) is 129 cm³/mol. The van der Waals surface area contributed by atoms with Crippen LogP contribution in [0.25, 0.3) is 0 Å². The van der Waals surface area contributed by atoms with Gasteiger partial charge in [0.05, 0.1) is 18.2 Å². The van der Waals surface area contributed by atoms with E-state index < -0.39 is 6.10 Å². The Morgan fingerprint density at radius 3 is 2.59 bits per heavy atom. The van der Waals surface area contributed by atoms with Gasteiger partial charge in [-0.15, -0.1) is 0 Å². The molecule has 1 saturated heterocycles. The normalized spacial score (nSPS) is 19.6. The van der Waals surface area contributed by atoms with Gasteiger partial charge in [-0.3, -0.25) is 14.5 Å². The molecule has 3 aliphatic heterocycles. The highest BCUT2D eigenvalue weighted by Gasteiger charge is 2.28. The Labute approximate surface area is 200 Å². The molecule has 180 valence electrons. The summed E-state index contributed by atoms with van der Waals surface area (Å²) < 4.78 is 5.87. The summed E-state index contributed by atoms with van der Waals surface area (Å²) in [5.74, 6) is 0.295. The maximum Gasteiger partial charge on any atom is 0.257 e. The van der Waals surface area contributed by atoms with Crippen LogP contribution in [0.3, 0.4) is 0 Å². The maximum absolute atomic E-state index is 13.2. The molecule has 3 heterocycles. The van der Waals surface area contributed by atoms with Gasteiger partial charge in [0.1, 0.15) is 12.4 Å². The van der Waals surface area contributed by atoms with Crippen LogP contribution < -0.4 is 4.74 Å². The minimum Gasteiger partial charge on any atom is -0.491 e. The molecule has 2 aromatic rings. The molecule has 5 rings (SSSR count). The summed E-state index contributed by atoms with van der Waals surface area (Å²) in [6.45, 7) is 4.81. The summed E-state index contributed by atoms with van der Waals surface area (Å²) in [6.07, 6.45) is 3.57. The van der Waals surface area contributed by atoms with Gasteiger partial charge < -0.3 is 19.6 Å². The number of fused-ring (bicyclic) bond motifs is 2. The summed E-state index contributed by atoms with van der Waals surface area (Å²) in [5.41, 5.74) is 3.70. The molecule has 34 heavy (non-hydrogen) atoms. The molecule has 0 spiro atoms. The first-order chi connectivity index (χ1) is 16.6. The standard InChI is InChI=1S/C27H33N3O4/c31-23(18-28-13-10-20-6-2-3-7-22(20)17-28)19-30-14-15-34-25-16-21(8-9-24(25)27(30)33)26(32)29-11-4-1-5-12-29/h2-3,6-9,16,23,31H,1,4-5,10-15,17-19H2/t23-/m1/s1. The summed E-state index contributed by atoms with van der Waals surface area (Å²) >= 11 is 0. The lowest BCUT2D eigenvalue weighted by Gasteiger charge is -2.32. The quantitative estimate of drug-likeness (QED) is 0.738. The second-order valence-electron chi connectivity index (χ2n) is 9.57. The third-order valence-electron chi connectivity index (χ3n) is 7.12. The minimum absolute atomic E-state index is 0.00169. The Morgan fingerprint density at radius 2 is 1.76 bits per heavy atom. The topological polar surface area (TPSA) is 73.3 Å². The Morgan fingerprint density at radius 1 is 0.971 bits per heavy atom. The van der Waals surface area contributed by atoms with Crippen molar-refractivity contribution in [1.29, 1.82) is 0 Å². The van der Waals surface area contributed by atoms with E-state index in [-0.39, 0.29) is 18.4 Å². The number of benzene rings is 2. The van der Waals surface area contributed by atoms with Gasteiger partial charge in [-0.1, -0.05) is 24.3 Å². The summed E-state index contributed by atoms with van der Waals surface area (Å²) in [5, 5.41) is 10.8. The number of aliphatic hydroxyl groups is 1. The highest BCUT2D eigenvalue weighted by molar-refractivity contribution is 6.00. The Hall–Kier alpha value is -2.90. The van der Waals surface area contributed by atoms with E-state index in [0.717, 1.165) is 51.9 Å². The van der Waals surface area contributed by atoms with E-state index in [9.17, 15) is 14.7 Å². The number of amides is 2. The molecule has 0 aromatic heterocycles. The molecule has 2 amide bonds. The van der Waals surface area contributed by atoms with Crippen LogP contribution in [0.5, 0.6) is 5.75 Å². The van der Waals surface area contributed by atoms with Crippen molar-refractivity contribution in [3.63, 3.8) is 0 Å². The lowest BCUT2D eigenvalue weighted by molar-refractivity contribution is 0.0501. The van der Waals surface area contributed by atoms with Crippen LogP contribution in [0, 0.1) is 0 Å². The molecule has 7 heteroatoms. The Balaban J connectivity index is 1.22. The van der Waals surface area contributed by atoms with Crippen molar-refractivity contribution in [3.8, 4) is 5.75 Å². The van der Waals surface area contributed by atoms with E-state index in [4.69, 9.17) is 4.74 Å². The van der Waals surface area contributed by atoms with Crippen LogP contribution in [0.1, 0.15) is 51.1 Å². The second-order valence-corrected chi connectivity index (χ2v) is 9.57. The number of hydrogen-bond donors (Lipinski definition) is 1.